The molecule has 0 saturated carbocycles. The Balaban J connectivity index is 2.50. The fraction of sp³-hybridized carbons (Fsp3) is 0.0833. The monoisotopic (exact) mass is 229 g/mol. The molecule has 0 radical (unpaired) electrons. The van der Waals surface area contributed by atoms with Gasteiger partial charge in [0.15, 0.2) is 5.69 Å². The van der Waals surface area contributed by atoms with Gasteiger partial charge >= 0.3 is 5.97 Å². The molecule has 0 fully saturated rings. The molecule has 0 atom stereocenters. The van der Waals surface area contributed by atoms with Gasteiger partial charge in [-0.2, -0.15) is 0 Å². The number of hydrogen-bond donors (Lipinski definition) is 2. The molecule has 5 heteroatoms. The predicted octanol–water partition coefficient (Wildman–Crippen LogP) is 1.73. The van der Waals surface area contributed by atoms with E-state index in [0.29, 0.717) is 11.4 Å². The summed E-state index contributed by atoms with van der Waals surface area (Å²) < 4.78 is 0. The van der Waals surface area contributed by atoms with Crippen LogP contribution in [-0.4, -0.2) is 21.0 Å². The molecule has 2 aromatic rings. The molecule has 0 spiro atoms. The number of aryl methyl sites for hydroxylation is 1. The number of carbonyl (C=O) groups is 1. The second-order valence-electron chi connectivity index (χ2n) is 3.66. The molecule has 0 unspecified atom stereocenters. The maximum Gasteiger partial charge on any atom is 0.356 e. The highest BCUT2D eigenvalue weighted by Crippen LogP contribution is 2.18. The highest BCUT2D eigenvalue weighted by Gasteiger charge is 2.11. The zero-order valence-corrected chi connectivity index (χ0v) is 9.21. The van der Waals surface area contributed by atoms with E-state index in [9.17, 15) is 4.79 Å². The number of aromatic nitrogens is 2. The zero-order chi connectivity index (χ0) is 12.4. The summed E-state index contributed by atoms with van der Waals surface area (Å²) in [4.78, 5) is 19.1. The molecule has 2 aromatic heterocycles. The van der Waals surface area contributed by atoms with Crippen molar-refractivity contribution < 1.29 is 9.90 Å². The maximum absolute atomic E-state index is 10.9. The lowest BCUT2D eigenvalue weighted by Crippen LogP contribution is -2.06. The zero-order valence-electron chi connectivity index (χ0n) is 9.21. The second kappa shape index (κ2) is 4.21. The van der Waals surface area contributed by atoms with Crippen molar-refractivity contribution in [2.75, 3.05) is 5.73 Å². The number of pyridine rings is 2. The first-order chi connectivity index (χ1) is 8.08. The summed E-state index contributed by atoms with van der Waals surface area (Å²) >= 11 is 0. The average molecular weight is 229 g/mol. The van der Waals surface area contributed by atoms with E-state index >= 15 is 0 Å². The van der Waals surface area contributed by atoms with Gasteiger partial charge in [-0.05, 0) is 30.7 Å². The topological polar surface area (TPSA) is 89.1 Å². The lowest BCUT2D eigenvalue weighted by Gasteiger charge is -2.04. The van der Waals surface area contributed by atoms with E-state index in [1.807, 2.05) is 13.0 Å². The first kappa shape index (κ1) is 11.1. The quantitative estimate of drug-likeness (QED) is 0.818. The minimum atomic E-state index is -1.14. The van der Waals surface area contributed by atoms with Gasteiger partial charge in [0.1, 0.15) is 0 Å². The van der Waals surface area contributed by atoms with Crippen LogP contribution in [0.4, 0.5) is 5.69 Å². The molecule has 17 heavy (non-hydrogen) atoms. The number of hydrogen-bond acceptors (Lipinski definition) is 4. The van der Waals surface area contributed by atoms with Gasteiger partial charge in [-0.3, -0.25) is 4.98 Å². The van der Waals surface area contributed by atoms with Crippen molar-refractivity contribution >= 4 is 11.7 Å². The third kappa shape index (κ3) is 2.23. The Bertz CT molecular complexity index is 564. The average Bonchev–Trinajstić information content (AvgIpc) is 2.30. The SMILES string of the molecule is Cc1ccc(-c2ccc(N)c(C(=O)O)n2)nc1. The van der Waals surface area contributed by atoms with E-state index in [0.717, 1.165) is 5.56 Å². The molecule has 86 valence electrons. The van der Waals surface area contributed by atoms with Gasteiger partial charge in [0, 0.05) is 6.20 Å². The lowest BCUT2D eigenvalue weighted by molar-refractivity contribution is 0.0692. The minimum Gasteiger partial charge on any atom is -0.476 e. The van der Waals surface area contributed by atoms with E-state index in [2.05, 4.69) is 9.97 Å². The summed E-state index contributed by atoms with van der Waals surface area (Å²) in [7, 11) is 0. The summed E-state index contributed by atoms with van der Waals surface area (Å²) in [6, 6.07) is 6.85. The van der Waals surface area contributed by atoms with E-state index in [1.54, 1.807) is 18.3 Å². The van der Waals surface area contributed by atoms with Crippen molar-refractivity contribution in [3.05, 3.63) is 41.7 Å². The summed E-state index contributed by atoms with van der Waals surface area (Å²) in [5.74, 6) is -1.14. The van der Waals surface area contributed by atoms with Gasteiger partial charge in [-0.25, -0.2) is 9.78 Å². The van der Waals surface area contributed by atoms with Crippen LogP contribution in [-0.2, 0) is 0 Å². The molecule has 3 N–H and O–H groups in total. The smallest absolute Gasteiger partial charge is 0.356 e. The van der Waals surface area contributed by atoms with Crippen LogP contribution in [0.1, 0.15) is 16.1 Å². The fourth-order valence-electron chi connectivity index (χ4n) is 1.40. The van der Waals surface area contributed by atoms with Crippen LogP contribution in [0, 0.1) is 6.92 Å². The van der Waals surface area contributed by atoms with Crippen molar-refractivity contribution in [2.45, 2.75) is 6.92 Å². The largest absolute Gasteiger partial charge is 0.476 e. The lowest BCUT2D eigenvalue weighted by atomic mass is 10.2. The number of nitrogens with zero attached hydrogens (tertiary/aromatic N) is 2. The minimum absolute atomic E-state index is 0.147. The van der Waals surface area contributed by atoms with Gasteiger partial charge in [0.2, 0.25) is 0 Å². The number of carboxylic acid groups (broad SMARTS) is 1. The Labute approximate surface area is 98.0 Å². The van der Waals surface area contributed by atoms with Crippen molar-refractivity contribution in [1.29, 1.82) is 0 Å². The number of aromatic carboxylic acids is 1. The van der Waals surface area contributed by atoms with Gasteiger partial charge in [0.05, 0.1) is 17.1 Å². The van der Waals surface area contributed by atoms with Gasteiger partial charge < -0.3 is 10.8 Å². The molecule has 2 heterocycles. The molecule has 0 aliphatic carbocycles. The summed E-state index contributed by atoms with van der Waals surface area (Å²) in [5.41, 5.74) is 7.68. The Kier molecular flexibility index (Phi) is 2.74. The first-order valence-corrected chi connectivity index (χ1v) is 5.01. The third-order valence-electron chi connectivity index (χ3n) is 2.30. The molecule has 0 aromatic carbocycles. The van der Waals surface area contributed by atoms with E-state index in [4.69, 9.17) is 10.8 Å². The fourth-order valence-corrected chi connectivity index (χ4v) is 1.40. The van der Waals surface area contributed by atoms with Crippen LogP contribution < -0.4 is 5.73 Å². The van der Waals surface area contributed by atoms with Crippen molar-refractivity contribution in [3.8, 4) is 11.4 Å². The standard InChI is InChI=1S/C12H11N3O2/c1-7-2-4-9(14-6-7)10-5-3-8(13)11(15-10)12(16)17/h2-6H,13H2,1H3,(H,16,17). The highest BCUT2D eigenvalue weighted by atomic mass is 16.4. The van der Waals surface area contributed by atoms with Crippen LogP contribution in [0.2, 0.25) is 0 Å². The number of anilines is 1. The van der Waals surface area contributed by atoms with Crippen molar-refractivity contribution in [3.63, 3.8) is 0 Å². The molecule has 0 aliphatic heterocycles. The van der Waals surface area contributed by atoms with Gasteiger partial charge in [-0.1, -0.05) is 6.07 Å². The van der Waals surface area contributed by atoms with Crippen LogP contribution in [0.15, 0.2) is 30.5 Å². The molecule has 2 rings (SSSR count). The highest BCUT2D eigenvalue weighted by molar-refractivity contribution is 5.91. The van der Waals surface area contributed by atoms with Gasteiger partial charge in [-0.15, -0.1) is 0 Å². The Morgan fingerprint density at radius 1 is 1.24 bits per heavy atom. The Hall–Kier alpha value is -2.43. The van der Waals surface area contributed by atoms with Crippen molar-refractivity contribution in [1.82, 2.24) is 9.97 Å². The van der Waals surface area contributed by atoms with Crippen molar-refractivity contribution in [2.24, 2.45) is 0 Å². The molecular weight excluding hydrogens is 218 g/mol. The molecule has 5 nitrogen and oxygen atoms in total. The van der Waals surface area contributed by atoms with E-state index in [1.165, 1.54) is 6.07 Å². The normalized spacial score (nSPS) is 10.2. The number of rotatable bonds is 2. The Morgan fingerprint density at radius 3 is 2.53 bits per heavy atom. The summed E-state index contributed by atoms with van der Waals surface area (Å²) in [5, 5.41) is 8.92. The first-order valence-electron chi connectivity index (χ1n) is 5.01. The van der Waals surface area contributed by atoms with Crippen LogP contribution in [0.25, 0.3) is 11.4 Å². The van der Waals surface area contributed by atoms with Crippen LogP contribution >= 0.6 is 0 Å². The molecule has 0 bridgehead atoms. The van der Waals surface area contributed by atoms with Crippen LogP contribution in [0.5, 0.6) is 0 Å². The summed E-state index contributed by atoms with van der Waals surface area (Å²) in [6.45, 7) is 1.93. The van der Waals surface area contributed by atoms with Gasteiger partial charge in [0.25, 0.3) is 0 Å². The molecular formula is C12H11N3O2. The van der Waals surface area contributed by atoms with Crippen LogP contribution in [0.3, 0.4) is 0 Å². The number of nitrogens with two attached hydrogens (primary N) is 1. The molecule has 0 aliphatic rings. The summed E-state index contributed by atoms with van der Waals surface area (Å²) in [6.07, 6.45) is 1.70. The maximum atomic E-state index is 10.9. The number of carboxylic acids is 1. The van der Waals surface area contributed by atoms with E-state index < -0.39 is 5.97 Å². The Morgan fingerprint density at radius 2 is 1.94 bits per heavy atom. The molecule has 0 saturated heterocycles. The molecule has 0 amide bonds. The predicted molar refractivity (Wildman–Crippen MR) is 63.6 cm³/mol. The van der Waals surface area contributed by atoms with E-state index in [-0.39, 0.29) is 11.4 Å². The number of nitrogen functional groups attached to an aromatic ring is 1. The third-order valence-corrected chi connectivity index (χ3v) is 2.30. The second-order valence-corrected chi connectivity index (χ2v) is 3.66.